The molecule has 3 amide bonds. The Morgan fingerprint density at radius 1 is 0.976 bits per heavy atom. The number of para-hydroxylation sites is 1. The first-order valence-electron chi connectivity index (χ1n) is 14.7. The SMILES string of the molecule is CC(C)(C)C(=O)CN1C(=O)N(CC(=O)Nc2ccc3c(c2)N(CC(=O)O)CC3)N=C(C2CCCCC2)c2ccccc21. The average Bonchev–Trinajstić information content (AvgIpc) is 3.29. The molecule has 2 aromatic rings. The first kappa shape index (κ1) is 29.3. The molecular weight excluding hydrogens is 534 g/mol. The third kappa shape index (κ3) is 6.32. The number of benzene rings is 2. The number of carbonyl (C=O) groups excluding carboxylic acids is 3. The number of carboxylic acids is 1. The van der Waals surface area contributed by atoms with Crippen molar-refractivity contribution in [1.82, 2.24) is 5.01 Å². The van der Waals surface area contributed by atoms with E-state index in [2.05, 4.69) is 5.32 Å². The van der Waals surface area contributed by atoms with Gasteiger partial charge in [0.15, 0.2) is 5.78 Å². The molecule has 0 atom stereocenters. The Morgan fingerprint density at radius 3 is 2.43 bits per heavy atom. The smallest absolute Gasteiger partial charge is 0.345 e. The number of carbonyl (C=O) groups is 4. The highest BCUT2D eigenvalue weighted by molar-refractivity contribution is 6.13. The van der Waals surface area contributed by atoms with Gasteiger partial charge in [-0.05, 0) is 43.0 Å². The number of hydrogen-bond acceptors (Lipinski definition) is 6. The molecule has 42 heavy (non-hydrogen) atoms. The molecule has 3 aliphatic rings. The molecule has 0 bridgehead atoms. The summed E-state index contributed by atoms with van der Waals surface area (Å²) in [5, 5.41) is 18.2. The molecule has 222 valence electrons. The maximum absolute atomic E-state index is 14.0. The molecule has 2 aliphatic heterocycles. The fourth-order valence-electron chi connectivity index (χ4n) is 5.90. The molecule has 2 heterocycles. The first-order chi connectivity index (χ1) is 20.0. The Kier molecular flexibility index (Phi) is 8.34. The minimum Gasteiger partial charge on any atom is -0.480 e. The van der Waals surface area contributed by atoms with Gasteiger partial charge in [0.2, 0.25) is 5.91 Å². The number of ketones is 1. The van der Waals surface area contributed by atoms with Crippen molar-refractivity contribution in [2.24, 2.45) is 16.4 Å². The topological polar surface area (TPSA) is 123 Å². The number of hydrazone groups is 1. The molecule has 1 fully saturated rings. The summed E-state index contributed by atoms with van der Waals surface area (Å²) in [5.74, 6) is -1.31. The van der Waals surface area contributed by atoms with Crippen LogP contribution in [0, 0.1) is 11.3 Å². The fraction of sp³-hybridized carbons (Fsp3) is 0.469. The summed E-state index contributed by atoms with van der Waals surface area (Å²) in [4.78, 5) is 55.1. The van der Waals surface area contributed by atoms with Crippen molar-refractivity contribution in [3.63, 3.8) is 0 Å². The molecule has 5 rings (SSSR count). The van der Waals surface area contributed by atoms with E-state index in [0.717, 1.165) is 61.1 Å². The third-order valence-electron chi connectivity index (χ3n) is 8.26. The van der Waals surface area contributed by atoms with Gasteiger partial charge >= 0.3 is 12.0 Å². The van der Waals surface area contributed by atoms with Crippen molar-refractivity contribution >= 4 is 46.5 Å². The van der Waals surface area contributed by atoms with E-state index in [4.69, 9.17) is 5.10 Å². The number of Topliss-reactive ketones (excluding diaryl/α,β-unsaturated/α-hetero) is 1. The van der Waals surface area contributed by atoms with Crippen LogP contribution < -0.4 is 15.1 Å². The molecule has 1 saturated carbocycles. The summed E-state index contributed by atoms with van der Waals surface area (Å²) in [6.07, 6.45) is 5.94. The van der Waals surface area contributed by atoms with Crippen molar-refractivity contribution in [1.29, 1.82) is 0 Å². The molecule has 0 spiro atoms. The lowest BCUT2D eigenvalue weighted by atomic mass is 9.83. The van der Waals surface area contributed by atoms with E-state index in [1.54, 1.807) is 17.0 Å². The van der Waals surface area contributed by atoms with E-state index in [1.807, 2.05) is 51.1 Å². The second-order valence-corrected chi connectivity index (χ2v) is 12.4. The second kappa shape index (κ2) is 12.0. The molecular formula is C32H39N5O5. The van der Waals surface area contributed by atoms with Crippen LogP contribution >= 0.6 is 0 Å². The summed E-state index contributed by atoms with van der Waals surface area (Å²) in [7, 11) is 0. The van der Waals surface area contributed by atoms with E-state index >= 15 is 0 Å². The number of urea groups is 1. The van der Waals surface area contributed by atoms with Crippen molar-refractivity contribution < 1.29 is 24.3 Å². The predicted octanol–water partition coefficient (Wildman–Crippen LogP) is 4.91. The maximum Gasteiger partial charge on any atom is 0.345 e. The first-order valence-corrected chi connectivity index (χ1v) is 14.7. The van der Waals surface area contributed by atoms with E-state index in [0.29, 0.717) is 17.9 Å². The Hall–Kier alpha value is -4.21. The summed E-state index contributed by atoms with van der Waals surface area (Å²) in [6, 6.07) is 12.5. The van der Waals surface area contributed by atoms with Gasteiger partial charge in [-0.1, -0.05) is 64.3 Å². The third-order valence-corrected chi connectivity index (χ3v) is 8.26. The average molecular weight is 574 g/mol. The van der Waals surface area contributed by atoms with Gasteiger partial charge in [0.05, 0.1) is 17.9 Å². The van der Waals surface area contributed by atoms with E-state index < -0.39 is 23.3 Å². The van der Waals surface area contributed by atoms with Crippen LogP contribution in [-0.4, -0.2) is 65.7 Å². The van der Waals surface area contributed by atoms with E-state index in [9.17, 15) is 24.3 Å². The number of hydrogen-bond donors (Lipinski definition) is 2. The molecule has 0 unspecified atom stereocenters. The van der Waals surface area contributed by atoms with Crippen molar-refractivity contribution in [3.8, 4) is 0 Å². The highest BCUT2D eigenvalue weighted by Crippen LogP contribution is 2.35. The molecule has 10 heteroatoms. The van der Waals surface area contributed by atoms with Crippen LogP contribution in [0.1, 0.15) is 64.0 Å². The Morgan fingerprint density at radius 2 is 1.71 bits per heavy atom. The number of fused-ring (bicyclic) bond motifs is 2. The number of nitrogens with zero attached hydrogens (tertiary/aromatic N) is 4. The molecule has 1 aliphatic carbocycles. The van der Waals surface area contributed by atoms with Crippen LogP contribution in [0.2, 0.25) is 0 Å². The van der Waals surface area contributed by atoms with Crippen molar-refractivity contribution in [2.75, 3.05) is 41.3 Å². The Bertz CT molecular complexity index is 1420. The fourth-order valence-corrected chi connectivity index (χ4v) is 5.90. The zero-order valence-corrected chi connectivity index (χ0v) is 24.6. The normalized spacial score (nSPS) is 17.4. The number of amides is 3. The predicted molar refractivity (Wildman–Crippen MR) is 162 cm³/mol. The largest absolute Gasteiger partial charge is 0.480 e. The minimum absolute atomic E-state index is 0.0970. The number of carboxylic acid groups (broad SMARTS) is 1. The highest BCUT2D eigenvalue weighted by atomic mass is 16.4. The summed E-state index contributed by atoms with van der Waals surface area (Å²) < 4.78 is 0. The Labute approximate surface area is 246 Å². The minimum atomic E-state index is -0.918. The van der Waals surface area contributed by atoms with Gasteiger partial charge in [-0.15, -0.1) is 0 Å². The van der Waals surface area contributed by atoms with Crippen LogP contribution in [0.15, 0.2) is 47.6 Å². The van der Waals surface area contributed by atoms with Gasteiger partial charge in [-0.3, -0.25) is 19.3 Å². The monoisotopic (exact) mass is 573 g/mol. The molecule has 0 saturated heterocycles. The number of aliphatic carboxylic acids is 1. The summed E-state index contributed by atoms with van der Waals surface area (Å²) in [5.41, 5.74) is 3.89. The van der Waals surface area contributed by atoms with Crippen LogP contribution in [0.25, 0.3) is 0 Å². The van der Waals surface area contributed by atoms with Gasteiger partial charge in [-0.2, -0.15) is 5.10 Å². The number of nitrogens with one attached hydrogen (secondary N) is 1. The maximum atomic E-state index is 14.0. The molecule has 2 aromatic carbocycles. The van der Waals surface area contributed by atoms with Crippen molar-refractivity contribution in [3.05, 3.63) is 53.6 Å². The lowest BCUT2D eigenvalue weighted by molar-refractivity contribution is -0.135. The summed E-state index contributed by atoms with van der Waals surface area (Å²) >= 11 is 0. The molecule has 10 nitrogen and oxygen atoms in total. The lowest BCUT2D eigenvalue weighted by Gasteiger charge is -2.28. The summed E-state index contributed by atoms with van der Waals surface area (Å²) in [6.45, 7) is 5.50. The van der Waals surface area contributed by atoms with Crippen LogP contribution in [-0.2, 0) is 20.8 Å². The molecule has 0 radical (unpaired) electrons. The zero-order chi connectivity index (χ0) is 30.0. The van der Waals surface area contributed by atoms with Gasteiger partial charge in [0, 0.05) is 34.8 Å². The lowest BCUT2D eigenvalue weighted by Crippen LogP contribution is -2.47. The van der Waals surface area contributed by atoms with Gasteiger partial charge in [0.25, 0.3) is 0 Å². The second-order valence-electron chi connectivity index (χ2n) is 12.4. The van der Waals surface area contributed by atoms with E-state index in [-0.39, 0.29) is 31.3 Å². The van der Waals surface area contributed by atoms with Crippen LogP contribution in [0.4, 0.5) is 21.9 Å². The van der Waals surface area contributed by atoms with Gasteiger partial charge in [-0.25, -0.2) is 9.80 Å². The van der Waals surface area contributed by atoms with Gasteiger partial charge < -0.3 is 15.3 Å². The quantitative estimate of drug-likeness (QED) is 0.463. The highest BCUT2D eigenvalue weighted by Gasteiger charge is 2.36. The number of rotatable bonds is 8. The van der Waals surface area contributed by atoms with E-state index in [1.165, 1.54) is 9.91 Å². The molecule has 2 N–H and O–H groups in total. The van der Waals surface area contributed by atoms with Crippen LogP contribution in [0.5, 0.6) is 0 Å². The zero-order valence-electron chi connectivity index (χ0n) is 24.6. The van der Waals surface area contributed by atoms with Crippen molar-refractivity contribution in [2.45, 2.75) is 59.3 Å². The number of anilines is 3. The standard InChI is InChI=1S/C32H39N5O5/c1-32(2,3)27(38)18-36-25-12-8-7-11-24(25)30(22-9-5-4-6-10-22)34-37(31(36)42)19-28(39)33-23-14-13-21-15-16-35(20-29(40)41)26(21)17-23/h7-8,11-14,17,22H,4-6,9-10,15-16,18-20H2,1-3H3,(H,33,39)(H,40,41). The Balaban J connectivity index is 1.44. The van der Waals surface area contributed by atoms with Gasteiger partial charge in [0.1, 0.15) is 13.1 Å². The molecule has 0 aromatic heterocycles. The van der Waals surface area contributed by atoms with Crippen LogP contribution in [0.3, 0.4) is 0 Å².